The van der Waals surface area contributed by atoms with Crippen LogP contribution in [0.2, 0.25) is 0 Å². The molecule has 0 bridgehead atoms. The van der Waals surface area contributed by atoms with Crippen molar-refractivity contribution < 1.29 is 23.6 Å². The van der Waals surface area contributed by atoms with E-state index in [1.165, 1.54) is 11.2 Å². The molecule has 2 aliphatic heterocycles. The zero-order valence-corrected chi connectivity index (χ0v) is 20.4. The van der Waals surface area contributed by atoms with Crippen molar-refractivity contribution in [3.05, 3.63) is 66.6 Å². The van der Waals surface area contributed by atoms with Crippen LogP contribution in [0.25, 0.3) is 10.8 Å². The maximum Gasteiger partial charge on any atom is 0.289 e. The number of furan rings is 1. The highest BCUT2D eigenvalue weighted by Gasteiger charge is 2.36. The molecular weight excluding hydrogens is 474 g/mol. The SMILES string of the molecule is O=C(C[C@@H]1C(=O)NCCN1C(=O)CN1CCN(C(=O)c2ccco2)CC1)Nc1cccc2ccccc12. The normalized spacial score (nSPS) is 18.5. The summed E-state index contributed by atoms with van der Waals surface area (Å²) >= 11 is 0. The number of carbonyl (C=O) groups excluding carboxylic acids is 4. The number of nitrogens with one attached hydrogen (secondary N) is 2. The van der Waals surface area contributed by atoms with Crippen LogP contribution in [-0.2, 0) is 14.4 Å². The Bertz CT molecular complexity index is 1290. The molecule has 0 saturated carbocycles. The van der Waals surface area contributed by atoms with Crippen molar-refractivity contribution in [2.24, 2.45) is 0 Å². The van der Waals surface area contributed by atoms with Crippen molar-refractivity contribution in [3.63, 3.8) is 0 Å². The first-order valence-corrected chi connectivity index (χ1v) is 12.4. The smallest absolute Gasteiger partial charge is 0.289 e. The van der Waals surface area contributed by atoms with Crippen molar-refractivity contribution in [3.8, 4) is 0 Å². The van der Waals surface area contributed by atoms with E-state index in [4.69, 9.17) is 4.42 Å². The molecule has 0 aliphatic carbocycles. The topological polar surface area (TPSA) is 115 Å². The van der Waals surface area contributed by atoms with Gasteiger partial charge in [0.05, 0.1) is 19.2 Å². The standard InChI is InChI=1S/C27H29N5O5/c33-24(29-21-8-3-6-19-5-1-2-7-20(19)21)17-22-26(35)28-10-11-32(22)25(34)18-30-12-14-31(15-13-30)27(36)23-9-4-16-37-23/h1-9,16,22H,10-15,17-18H2,(H,28,35)(H,29,33)/t22-/m1/s1. The van der Waals surface area contributed by atoms with Gasteiger partial charge in [-0.2, -0.15) is 0 Å². The second kappa shape index (κ2) is 10.8. The fraction of sp³-hybridized carbons (Fsp3) is 0.333. The number of carbonyl (C=O) groups is 4. The number of fused-ring (bicyclic) bond motifs is 1. The first kappa shape index (κ1) is 24.5. The Morgan fingerprint density at radius 2 is 1.73 bits per heavy atom. The quantitative estimate of drug-likeness (QED) is 0.528. The maximum atomic E-state index is 13.2. The van der Waals surface area contributed by atoms with E-state index in [0.29, 0.717) is 50.7 Å². The number of anilines is 1. The molecule has 5 rings (SSSR count). The van der Waals surface area contributed by atoms with Crippen LogP contribution in [0.15, 0.2) is 65.3 Å². The molecule has 37 heavy (non-hydrogen) atoms. The molecule has 192 valence electrons. The predicted octanol–water partition coefficient (Wildman–Crippen LogP) is 1.55. The molecule has 3 heterocycles. The third kappa shape index (κ3) is 5.49. The average molecular weight is 504 g/mol. The molecule has 2 fully saturated rings. The van der Waals surface area contributed by atoms with Crippen LogP contribution < -0.4 is 10.6 Å². The van der Waals surface area contributed by atoms with Gasteiger partial charge in [0.1, 0.15) is 6.04 Å². The monoisotopic (exact) mass is 503 g/mol. The van der Waals surface area contributed by atoms with Crippen molar-refractivity contribution in [1.29, 1.82) is 0 Å². The third-order valence-electron chi connectivity index (χ3n) is 6.84. The molecule has 0 radical (unpaired) electrons. The molecule has 0 unspecified atom stereocenters. The van der Waals surface area contributed by atoms with Gasteiger partial charge in [0.2, 0.25) is 17.7 Å². The van der Waals surface area contributed by atoms with Crippen molar-refractivity contribution in [2.45, 2.75) is 12.5 Å². The average Bonchev–Trinajstić information content (AvgIpc) is 3.45. The molecule has 1 aromatic heterocycles. The first-order chi connectivity index (χ1) is 18.0. The van der Waals surface area contributed by atoms with Crippen LogP contribution >= 0.6 is 0 Å². The van der Waals surface area contributed by atoms with Gasteiger partial charge < -0.3 is 24.9 Å². The van der Waals surface area contributed by atoms with Crippen molar-refractivity contribution in [2.75, 3.05) is 51.1 Å². The Hall–Kier alpha value is -4.18. The molecular formula is C27H29N5O5. The van der Waals surface area contributed by atoms with Gasteiger partial charge in [-0.3, -0.25) is 24.1 Å². The van der Waals surface area contributed by atoms with Gasteiger partial charge >= 0.3 is 0 Å². The van der Waals surface area contributed by atoms with E-state index in [0.717, 1.165) is 10.8 Å². The summed E-state index contributed by atoms with van der Waals surface area (Å²) in [7, 11) is 0. The van der Waals surface area contributed by atoms with Crippen LogP contribution in [0, 0.1) is 0 Å². The number of nitrogens with zero attached hydrogens (tertiary/aromatic N) is 3. The predicted molar refractivity (Wildman–Crippen MR) is 137 cm³/mol. The molecule has 3 aromatic rings. The first-order valence-electron chi connectivity index (χ1n) is 12.4. The van der Waals surface area contributed by atoms with Gasteiger partial charge in [0.25, 0.3) is 5.91 Å². The highest BCUT2D eigenvalue weighted by molar-refractivity contribution is 6.04. The Labute approximate surface area is 214 Å². The number of amides is 4. The Kier molecular flexibility index (Phi) is 7.18. The summed E-state index contributed by atoms with van der Waals surface area (Å²) in [5.74, 6) is -0.735. The molecule has 0 spiro atoms. The molecule has 2 aliphatic rings. The molecule has 2 N–H and O–H groups in total. The van der Waals surface area contributed by atoms with Crippen LogP contribution in [-0.4, -0.2) is 90.2 Å². The van der Waals surface area contributed by atoms with Gasteiger partial charge in [-0.1, -0.05) is 36.4 Å². The second-order valence-corrected chi connectivity index (χ2v) is 9.22. The highest BCUT2D eigenvalue weighted by atomic mass is 16.3. The van der Waals surface area contributed by atoms with Crippen LogP contribution in [0.5, 0.6) is 0 Å². The van der Waals surface area contributed by atoms with E-state index in [1.54, 1.807) is 17.0 Å². The van der Waals surface area contributed by atoms with Crippen LogP contribution in [0.1, 0.15) is 17.0 Å². The lowest BCUT2D eigenvalue weighted by atomic mass is 10.1. The minimum Gasteiger partial charge on any atom is -0.459 e. The van der Waals surface area contributed by atoms with Gasteiger partial charge in [0, 0.05) is 50.3 Å². The number of benzene rings is 2. The van der Waals surface area contributed by atoms with Gasteiger partial charge in [-0.15, -0.1) is 0 Å². The van der Waals surface area contributed by atoms with E-state index in [2.05, 4.69) is 10.6 Å². The van der Waals surface area contributed by atoms with Gasteiger partial charge in [0.15, 0.2) is 5.76 Å². The largest absolute Gasteiger partial charge is 0.459 e. The lowest BCUT2D eigenvalue weighted by molar-refractivity contribution is -0.145. The Morgan fingerprint density at radius 1 is 0.946 bits per heavy atom. The molecule has 1 atom stereocenters. The zero-order chi connectivity index (χ0) is 25.8. The van der Waals surface area contributed by atoms with Gasteiger partial charge in [-0.05, 0) is 23.6 Å². The summed E-state index contributed by atoms with van der Waals surface area (Å²) < 4.78 is 5.20. The highest BCUT2D eigenvalue weighted by Crippen LogP contribution is 2.23. The molecule has 2 aromatic carbocycles. The molecule has 10 nitrogen and oxygen atoms in total. The summed E-state index contributed by atoms with van der Waals surface area (Å²) in [4.78, 5) is 56.5. The molecule has 10 heteroatoms. The van der Waals surface area contributed by atoms with Gasteiger partial charge in [-0.25, -0.2) is 0 Å². The summed E-state index contributed by atoms with van der Waals surface area (Å²) in [6.07, 6.45) is 1.34. The minimum atomic E-state index is -0.877. The van der Waals surface area contributed by atoms with Crippen LogP contribution in [0.3, 0.4) is 0 Å². The van der Waals surface area contributed by atoms with Crippen LogP contribution in [0.4, 0.5) is 5.69 Å². The Morgan fingerprint density at radius 3 is 2.51 bits per heavy atom. The molecule has 4 amide bonds. The lowest BCUT2D eigenvalue weighted by Gasteiger charge is -2.38. The number of piperazine rings is 2. The summed E-state index contributed by atoms with van der Waals surface area (Å²) in [6.45, 7) is 2.83. The minimum absolute atomic E-state index is 0.123. The van der Waals surface area contributed by atoms with Crippen molar-refractivity contribution in [1.82, 2.24) is 20.0 Å². The fourth-order valence-electron chi connectivity index (χ4n) is 4.87. The van der Waals surface area contributed by atoms with Crippen molar-refractivity contribution >= 4 is 40.1 Å². The Balaban J connectivity index is 1.18. The summed E-state index contributed by atoms with van der Waals surface area (Å²) in [6, 6.07) is 15.8. The fourth-order valence-corrected chi connectivity index (χ4v) is 4.87. The van der Waals surface area contributed by atoms with E-state index in [9.17, 15) is 19.2 Å². The van der Waals surface area contributed by atoms with E-state index >= 15 is 0 Å². The van der Waals surface area contributed by atoms with E-state index < -0.39 is 6.04 Å². The summed E-state index contributed by atoms with van der Waals surface area (Å²) in [5, 5.41) is 7.58. The van der Waals surface area contributed by atoms with E-state index in [-0.39, 0.29) is 36.6 Å². The second-order valence-electron chi connectivity index (χ2n) is 9.22. The third-order valence-corrected chi connectivity index (χ3v) is 6.84. The number of hydrogen-bond acceptors (Lipinski definition) is 6. The number of hydrogen-bond donors (Lipinski definition) is 2. The zero-order valence-electron chi connectivity index (χ0n) is 20.4. The summed E-state index contributed by atoms with van der Waals surface area (Å²) in [5.41, 5.74) is 0.666. The maximum absolute atomic E-state index is 13.2. The van der Waals surface area contributed by atoms with E-state index in [1.807, 2.05) is 47.4 Å². The molecule has 2 saturated heterocycles. The lowest BCUT2D eigenvalue weighted by Crippen LogP contribution is -2.60. The number of rotatable bonds is 6.